The maximum Gasteiger partial charge on any atom is 0.271 e. The monoisotopic (exact) mass is 469 g/mol. The summed E-state index contributed by atoms with van der Waals surface area (Å²) >= 11 is 0. The highest BCUT2D eigenvalue weighted by Crippen LogP contribution is 2.25. The summed E-state index contributed by atoms with van der Waals surface area (Å²) in [4.78, 5) is 39.7. The normalized spacial score (nSPS) is 13.4. The molecule has 2 aromatic heterocycles. The van der Waals surface area contributed by atoms with Gasteiger partial charge in [-0.15, -0.1) is 0 Å². The molecule has 0 atom stereocenters. The molecular formula is C25H23N7O3. The van der Waals surface area contributed by atoms with Crippen molar-refractivity contribution in [3.63, 3.8) is 0 Å². The summed E-state index contributed by atoms with van der Waals surface area (Å²) in [6, 6.07) is 16.2. The van der Waals surface area contributed by atoms with Gasteiger partial charge >= 0.3 is 0 Å². The van der Waals surface area contributed by atoms with Crippen molar-refractivity contribution in [2.45, 2.75) is 0 Å². The van der Waals surface area contributed by atoms with Gasteiger partial charge in [0.1, 0.15) is 0 Å². The lowest BCUT2D eigenvalue weighted by molar-refractivity contribution is 0.0994. The molecule has 0 bridgehead atoms. The van der Waals surface area contributed by atoms with Crippen LogP contribution in [0.3, 0.4) is 0 Å². The number of nitrogens with two attached hydrogens (primary N) is 1. The predicted octanol–water partition coefficient (Wildman–Crippen LogP) is 2.96. The first-order valence-electron chi connectivity index (χ1n) is 11.1. The second-order valence-electron chi connectivity index (χ2n) is 7.95. The minimum absolute atomic E-state index is 0.00682. The number of carbonyl (C=O) groups is 2. The summed E-state index contributed by atoms with van der Waals surface area (Å²) in [5, 5.41) is 5.96. The fourth-order valence-corrected chi connectivity index (χ4v) is 3.81. The minimum atomic E-state index is -0.710. The fourth-order valence-electron chi connectivity index (χ4n) is 3.81. The van der Waals surface area contributed by atoms with E-state index in [2.05, 4.69) is 30.5 Å². The van der Waals surface area contributed by atoms with Crippen LogP contribution in [-0.2, 0) is 4.74 Å². The third-order valence-electron chi connectivity index (χ3n) is 5.60. The standard InChI is InChI=1S/C25H23N7O3/c26-23(33)22-24(28-17-1-4-19(5-2-17)32-11-13-35-14-12-32)31-20-6-3-18(15-21(20)30-22)29-25(34)16-7-9-27-10-8-16/h1-10,15H,11-14H2,(H2,26,33)(H,28,31)(H,29,34). The van der Waals surface area contributed by atoms with Crippen molar-refractivity contribution < 1.29 is 14.3 Å². The molecule has 3 heterocycles. The van der Waals surface area contributed by atoms with Crippen molar-refractivity contribution in [3.05, 3.63) is 78.2 Å². The van der Waals surface area contributed by atoms with Gasteiger partial charge in [0, 0.05) is 48.1 Å². The molecule has 0 unspecified atom stereocenters. The molecule has 5 rings (SSSR count). The first-order chi connectivity index (χ1) is 17.1. The van der Waals surface area contributed by atoms with Gasteiger partial charge in [0.05, 0.1) is 24.2 Å². The van der Waals surface area contributed by atoms with Gasteiger partial charge in [0.2, 0.25) is 0 Å². The molecule has 1 saturated heterocycles. The smallest absolute Gasteiger partial charge is 0.271 e. The number of anilines is 4. The summed E-state index contributed by atoms with van der Waals surface area (Å²) in [5.74, 6) is -0.732. The Bertz CT molecular complexity index is 1370. The molecule has 176 valence electrons. The number of hydrogen-bond acceptors (Lipinski definition) is 8. The maximum atomic E-state index is 12.4. The second-order valence-corrected chi connectivity index (χ2v) is 7.95. The Balaban J connectivity index is 1.38. The Morgan fingerprint density at radius 1 is 0.886 bits per heavy atom. The second kappa shape index (κ2) is 9.74. The number of nitrogens with one attached hydrogen (secondary N) is 2. The lowest BCUT2D eigenvalue weighted by Crippen LogP contribution is -2.36. The van der Waals surface area contributed by atoms with Crippen LogP contribution >= 0.6 is 0 Å². The summed E-state index contributed by atoms with van der Waals surface area (Å²) in [7, 11) is 0. The molecule has 0 radical (unpaired) electrons. The first kappa shape index (κ1) is 22.2. The van der Waals surface area contributed by atoms with Gasteiger partial charge < -0.3 is 26.0 Å². The van der Waals surface area contributed by atoms with Gasteiger partial charge in [-0.05, 0) is 54.6 Å². The zero-order valence-electron chi connectivity index (χ0n) is 18.8. The van der Waals surface area contributed by atoms with E-state index in [9.17, 15) is 9.59 Å². The Hall–Kier alpha value is -4.57. The Morgan fingerprint density at radius 3 is 2.31 bits per heavy atom. The van der Waals surface area contributed by atoms with Gasteiger partial charge in [-0.3, -0.25) is 14.6 Å². The van der Waals surface area contributed by atoms with E-state index in [0.717, 1.165) is 24.5 Å². The van der Waals surface area contributed by atoms with Crippen LogP contribution < -0.4 is 21.3 Å². The van der Waals surface area contributed by atoms with Crippen molar-refractivity contribution in [3.8, 4) is 0 Å². The summed E-state index contributed by atoms with van der Waals surface area (Å²) in [6.07, 6.45) is 3.09. The molecule has 0 saturated carbocycles. The van der Waals surface area contributed by atoms with Gasteiger partial charge in [0.15, 0.2) is 11.5 Å². The van der Waals surface area contributed by atoms with E-state index in [0.29, 0.717) is 35.5 Å². The largest absolute Gasteiger partial charge is 0.378 e. The van der Waals surface area contributed by atoms with Crippen LogP contribution in [0, 0.1) is 0 Å². The van der Waals surface area contributed by atoms with E-state index >= 15 is 0 Å². The number of primary amides is 1. The SMILES string of the molecule is NC(=O)c1nc2cc(NC(=O)c3ccncc3)ccc2nc1Nc1ccc(N2CCOCC2)cc1. The number of amides is 2. The number of fused-ring (bicyclic) bond motifs is 1. The molecule has 2 aromatic carbocycles. The van der Waals surface area contributed by atoms with Crippen molar-refractivity contribution in [2.75, 3.05) is 41.8 Å². The van der Waals surface area contributed by atoms with E-state index in [1.54, 1.807) is 42.7 Å². The van der Waals surface area contributed by atoms with Crippen LogP contribution in [-0.4, -0.2) is 53.1 Å². The van der Waals surface area contributed by atoms with Gasteiger partial charge in [0.25, 0.3) is 11.8 Å². The Labute approximate surface area is 201 Å². The number of nitrogens with zero attached hydrogens (tertiary/aromatic N) is 4. The Kier molecular flexibility index (Phi) is 6.18. The number of hydrogen-bond donors (Lipinski definition) is 3. The summed E-state index contributed by atoms with van der Waals surface area (Å²) in [5.41, 5.74) is 9.42. The van der Waals surface area contributed by atoms with E-state index in [-0.39, 0.29) is 17.4 Å². The molecule has 1 aliphatic rings. The van der Waals surface area contributed by atoms with E-state index in [4.69, 9.17) is 10.5 Å². The molecule has 35 heavy (non-hydrogen) atoms. The quantitative estimate of drug-likeness (QED) is 0.392. The number of rotatable bonds is 6. The lowest BCUT2D eigenvalue weighted by Gasteiger charge is -2.28. The highest BCUT2D eigenvalue weighted by atomic mass is 16.5. The van der Waals surface area contributed by atoms with Crippen molar-refractivity contribution in [1.82, 2.24) is 15.0 Å². The number of morpholine rings is 1. The number of ether oxygens (including phenoxy) is 1. The van der Waals surface area contributed by atoms with E-state index in [1.165, 1.54) is 0 Å². The van der Waals surface area contributed by atoms with Crippen LogP contribution in [0.25, 0.3) is 11.0 Å². The van der Waals surface area contributed by atoms with Gasteiger partial charge in [-0.1, -0.05) is 0 Å². The first-order valence-corrected chi connectivity index (χ1v) is 11.1. The molecule has 10 heteroatoms. The van der Waals surface area contributed by atoms with E-state index in [1.807, 2.05) is 24.3 Å². The molecule has 2 amide bonds. The van der Waals surface area contributed by atoms with Crippen molar-refractivity contribution in [1.29, 1.82) is 0 Å². The average molecular weight is 470 g/mol. The molecule has 4 N–H and O–H groups in total. The number of aromatic nitrogens is 3. The predicted molar refractivity (Wildman–Crippen MR) is 133 cm³/mol. The van der Waals surface area contributed by atoms with Gasteiger partial charge in [-0.25, -0.2) is 9.97 Å². The van der Waals surface area contributed by atoms with Crippen molar-refractivity contribution in [2.24, 2.45) is 5.73 Å². The zero-order chi connectivity index (χ0) is 24.2. The van der Waals surface area contributed by atoms with Crippen LogP contribution in [0.5, 0.6) is 0 Å². The fraction of sp³-hybridized carbons (Fsp3) is 0.160. The van der Waals surface area contributed by atoms with E-state index < -0.39 is 5.91 Å². The zero-order valence-corrected chi connectivity index (χ0v) is 18.8. The summed E-state index contributed by atoms with van der Waals surface area (Å²) < 4.78 is 5.41. The minimum Gasteiger partial charge on any atom is -0.378 e. The molecule has 10 nitrogen and oxygen atoms in total. The topological polar surface area (TPSA) is 135 Å². The Morgan fingerprint density at radius 2 is 1.60 bits per heavy atom. The average Bonchev–Trinajstić information content (AvgIpc) is 2.90. The third kappa shape index (κ3) is 5.02. The third-order valence-corrected chi connectivity index (χ3v) is 5.60. The highest BCUT2D eigenvalue weighted by Gasteiger charge is 2.16. The molecule has 4 aromatic rings. The molecular weight excluding hydrogens is 446 g/mol. The molecule has 1 fully saturated rings. The van der Waals surface area contributed by atoms with Crippen molar-refractivity contribution >= 4 is 45.7 Å². The van der Waals surface area contributed by atoms with Gasteiger partial charge in [-0.2, -0.15) is 0 Å². The maximum absolute atomic E-state index is 12.4. The lowest BCUT2D eigenvalue weighted by atomic mass is 10.2. The molecule has 1 aliphatic heterocycles. The summed E-state index contributed by atoms with van der Waals surface area (Å²) in [6.45, 7) is 3.12. The number of carbonyl (C=O) groups excluding carboxylic acids is 2. The van der Waals surface area contributed by atoms with Crippen LogP contribution in [0.15, 0.2) is 67.0 Å². The molecule has 0 aliphatic carbocycles. The van der Waals surface area contributed by atoms with Crippen LogP contribution in [0.4, 0.5) is 22.9 Å². The van der Waals surface area contributed by atoms with Crippen LogP contribution in [0.1, 0.15) is 20.8 Å². The number of benzene rings is 2. The molecule has 0 spiro atoms. The van der Waals surface area contributed by atoms with Crippen LogP contribution in [0.2, 0.25) is 0 Å². The highest BCUT2D eigenvalue weighted by molar-refractivity contribution is 6.05. The number of pyridine rings is 1.